The van der Waals surface area contributed by atoms with Crippen molar-refractivity contribution in [1.29, 1.82) is 0 Å². The Morgan fingerprint density at radius 1 is 1.04 bits per heavy atom. The van der Waals surface area contributed by atoms with E-state index in [0.29, 0.717) is 12.1 Å². The molecular weight excluding hydrogens is 310 g/mol. The third kappa shape index (κ3) is 3.75. The molecule has 0 aromatic heterocycles. The van der Waals surface area contributed by atoms with Gasteiger partial charge in [0, 0.05) is 25.2 Å². The Morgan fingerprint density at radius 3 is 2.64 bits per heavy atom. The third-order valence-corrected chi connectivity index (χ3v) is 6.38. The van der Waals surface area contributed by atoms with Gasteiger partial charge in [0.05, 0.1) is 5.92 Å². The average Bonchev–Trinajstić information content (AvgIpc) is 3.26. The number of nitrogens with zero attached hydrogens (tertiary/aromatic N) is 2. The van der Waals surface area contributed by atoms with Crippen LogP contribution in [-0.2, 0) is 4.79 Å². The van der Waals surface area contributed by atoms with Gasteiger partial charge in [-0.1, -0.05) is 36.8 Å². The summed E-state index contributed by atoms with van der Waals surface area (Å²) in [4.78, 5) is 17.9. The van der Waals surface area contributed by atoms with Gasteiger partial charge in [-0.15, -0.1) is 0 Å². The molecule has 3 atom stereocenters. The van der Waals surface area contributed by atoms with Gasteiger partial charge in [0.15, 0.2) is 0 Å². The molecule has 3 heterocycles. The monoisotopic (exact) mass is 341 g/mol. The lowest BCUT2D eigenvalue weighted by atomic mass is 9.93. The first kappa shape index (κ1) is 17.0. The molecule has 0 saturated carbocycles. The van der Waals surface area contributed by atoms with Gasteiger partial charge < -0.3 is 10.2 Å². The maximum atomic E-state index is 12.9. The van der Waals surface area contributed by atoms with E-state index in [1.807, 2.05) is 0 Å². The highest BCUT2D eigenvalue weighted by Gasteiger charge is 2.46. The minimum atomic E-state index is 0.161. The topological polar surface area (TPSA) is 35.6 Å². The second kappa shape index (κ2) is 7.88. The predicted octanol–water partition coefficient (Wildman–Crippen LogP) is 2.81. The molecule has 0 spiro atoms. The molecule has 3 aliphatic heterocycles. The summed E-state index contributed by atoms with van der Waals surface area (Å²) in [5.41, 5.74) is 1.37. The lowest BCUT2D eigenvalue weighted by molar-refractivity contribution is -0.125. The van der Waals surface area contributed by atoms with Crippen LogP contribution in [0.2, 0.25) is 0 Å². The minimum Gasteiger partial charge on any atom is -0.355 e. The SMILES string of the molecule is O=C(NCCN1CCCCC1)[C@H]1C[C@@H](c2ccccc2)N2CCC[C@H]12. The quantitative estimate of drug-likeness (QED) is 0.894. The highest BCUT2D eigenvalue weighted by atomic mass is 16.2. The summed E-state index contributed by atoms with van der Waals surface area (Å²) in [5.74, 6) is 0.446. The van der Waals surface area contributed by atoms with E-state index in [9.17, 15) is 4.79 Å². The van der Waals surface area contributed by atoms with Crippen LogP contribution in [0.3, 0.4) is 0 Å². The van der Waals surface area contributed by atoms with Crippen molar-refractivity contribution in [3.63, 3.8) is 0 Å². The number of amides is 1. The van der Waals surface area contributed by atoms with Crippen molar-refractivity contribution in [3.05, 3.63) is 35.9 Å². The van der Waals surface area contributed by atoms with Crippen molar-refractivity contribution >= 4 is 5.91 Å². The Labute approximate surface area is 151 Å². The van der Waals surface area contributed by atoms with Crippen molar-refractivity contribution in [2.45, 2.75) is 50.6 Å². The summed E-state index contributed by atoms with van der Waals surface area (Å²) >= 11 is 0. The maximum absolute atomic E-state index is 12.9. The highest BCUT2D eigenvalue weighted by Crippen LogP contribution is 2.44. The molecule has 1 N–H and O–H groups in total. The van der Waals surface area contributed by atoms with Gasteiger partial charge >= 0.3 is 0 Å². The van der Waals surface area contributed by atoms with E-state index in [4.69, 9.17) is 0 Å². The molecule has 4 nitrogen and oxygen atoms in total. The van der Waals surface area contributed by atoms with Crippen LogP contribution in [-0.4, -0.2) is 54.5 Å². The van der Waals surface area contributed by atoms with Crippen molar-refractivity contribution in [3.8, 4) is 0 Å². The molecule has 25 heavy (non-hydrogen) atoms. The number of benzene rings is 1. The van der Waals surface area contributed by atoms with Gasteiger partial charge in [-0.05, 0) is 57.3 Å². The van der Waals surface area contributed by atoms with Gasteiger partial charge in [0.2, 0.25) is 5.91 Å². The zero-order valence-corrected chi connectivity index (χ0v) is 15.2. The number of likely N-dealkylation sites (tertiary alicyclic amines) is 1. The minimum absolute atomic E-state index is 0.161. The fraction of sp³-hybridized carbons (Fsp3) is 0.667. The Bertz CT molecular complexity index is 570. The number of piperidine rings is 1. The molecule has 4 heteroatoms. The van der Waals surface area contributed by atoms with Crippen molar-refractivity contribution in [2.24, 2.45) is 5.92 Å². The van der Waals surface area contributed by atoms with Crippen molar-refractivity contribution in [1.82, 2.24) is 15.1 Å². The lowest BCUT2D eigenvalue weighted by Gasteiger charge is -2.27. The largest absolute Gasteiger partial charge is 0.355 e. The van der Waals surface area contributed by atoms with Gasteiger partial charge in [-0.3, -0.25) is 9.69 Å². The van der Waals surface area contributed by atoms with Gasteiger partial charge in [-0.25, -0.2) is 0 Å². The zero-order valence-electron chi connectivity index (χ0n) is 15.2. The predicted molar refractivity (Wildman–Crippen MR) is 100 cm³/mol. The standard InChI is InChI=1S/C21H31N3O/c25-21(22-11-15-23-12-5-2-6-13-23)18-16-20(17-8-3-1-4-9-17)24-14-7-10-19(18)24/h1,3-4,8-9,18-20H,2,5-7,10-16H2,(H,22,25)/t18-,19+,20-/m0/s1. The normalized spacial score (nSPS) is 30.3. The number of rotatable bonds is 5. The average molecular weight is 341 g/mol. The highest BCUT2D eigenvalue weighted by molar-refractivity contribution is 5.80. The molecule has 0 bridgehead atoms. The smallest absolute Gasteiger partial charge is 0.224 e. The van der Waals surface area contributed by atoms with Gasteiger partial charge in [-0.2, -0.15) is 0 Å². The van der Waals surface area contributed by atoms with Crippen LogP contribution in [0, 0.1) is 5.92 Å². The number of hydrogen-bond donors (Lipinski definition) is 1. The first-order valence-corrected chi connectivity index (χ1v) is 10.1. The fourth-order valence-corrected chi connectivity index (χ4v) is 5.10. The molecule has 1 aromatic carbocycles. The Balaban J connectivity index is 1.34. The summed E-state index contributed by atoms with van der Waals surface area (Å²) in [6.07, 6.45) is 7.37. The molecule has 4 rings (SSSR count). The number of carbonyl (C=O) groups is 1. The van der Waals surface area contributed by atoms with Crippen LogP contribution in [0.1, 0.15) is 50.1 Å². The molecule has 0 unspecified atom stereocenters. The zero-order chi connectivity index (χ0) is 17.1. The molecule has 3 fully saturated rings. The first-order valence-electron chi connectivity index (χ1n) is 10.1. The van der Waals surface area contributed by atoms with E-state index >= 15 is 0 Å². The summed E-state index contributed by atoms with van der Waals surface area (Å²) in [7, 11) is 0. The molecule has 0 radical (unpaired) electrons. The molecule has 1 aromatic rings. The van der Waals surface area contributed by atoms with Crippen molar-refractivity contribution < 1.29 is 4.79 Å². The van der Waals surface area contributed by atoms with Crippen LogP contribution >= 0.6 is 0 Å². The van der Waals surface area contributed by atoms with E-state index in [0.717, 1.165) is 26.1 Å². The van der Waals surface area contributed by atoms with Crippen LogP contribution in [0.5, 0.6) is 0 Å². The number of nitrogens with one attached hydrogen (secondary N) is 1. The summed E-state index contributed by atoms with van der Waals surface area (Å²) in [5, 5.41) is 3.25. The summed E-state index contributed by atoms with van der Waals surface area (Å²) in [6, 6.07) is 11.6. The lowest BCUT2D eigenvalue weighted by Crippen LogP contribution is -2.42. The Morgan fingerprint density at radius 2 is 1.84 bits per heavy atom. The summed E-state index contributed by atoms with van der Waals surface area (Å²) < 4.78 is 0. The van der Waals surface area contributed by atoms with E-state index in [2.05, 4.69) is 45.4 Å². The van der Waals surface area contributed by atoms with E-state index < -0.39 is 0 Å². The second-order valence-electron chi connectivity index (χ2n) is 7.91. The van der Waals surface area contributed by atoms with Gasteiger partial charge in [0.1, 0.15) is 0 Å². The first-order chi connectivity index (χ1) is 12.3. The molecular formula is C21H31N3O. The van der Waals surface area contributed by atoms with Gasteiger partial charge in [0.25, 0.3) is 0 Å². The maximum Gasteiger partial charge on any atom is 0.224 e. The Hall–Kier alpha value is -1.39. The van der Waals surface area contributed by atoms with Crippen LogP contribution < -0.4 is 5.32 Å². The number of fused-ring (bicyclic) bond motifs is 1. The number of hydrogen-bond acceptors (Lipinski definition) is 3. The van der Waals surface area contributed by atoms with Crippen LogP contribution in [0.4, 0.5) is 0 Å². The molecule has 3 aliphatic rings. The van der Waals surface area contributed by atoms with E-state index in [1.54, 1.807) is 0 Å². The van der Waals surface area contributed by atoms with Crippen LogP contribution in [0.25, 0.3) is 0 Å². The van der Waals surface area contributed by atoms with Crippen LogP contribution in [0.15, 0.2) is 30.3 Å². The van der Waals surface area contributed by atoms with E-state index in [-0.39, 0.29) is 11.8 Å². The molecule has 136 valence electrons. The fourth-order valence-electron chi connectivity index (χ4n) is 5.10. The Kier molecular flexibility index (Phi) is 5.37. The van der Waals surface area contributed by atoms with Crippen molar-refractivity contribution in [2.75, 3.05) is 32.7 Å². The second-order valence-corrected chi connectivity index (χ2v) is 7.91. The molecule has 1 amide bonds. The molecule has 3 saturated heterocycles. The number of carbonyl (C=O) groups excluding carboxylic acids is 1. The van der Waals surface area contributed by atoms with E-state index in [1.165, 1.54) is 50.8 Å². The summed E-state index contributed by atoms with van der Waals surface area (Å²) in [6.45, 7) is 5.35. The molecule has 0 aliphatic carbocycles. The third-order valence-electron chi connectivity index (χ3n) is 6.38.